The van der Waals surface area contributed by atoms with Gasteiger partial charge in [0, 0.05) is 17.0 Å². The summed E-state index contributed by atoms with van der Waals surface area (Å²) in [5.41, 5.74) is 0. The van der Waals surface area contributed by atoms with Gasteiger partial charge in [-0.1, -0.05) is 34.8 Å². The number of rotatable bonds is 0. The molecule has 0 N–H and O–H groups in total. The van der Waals surface area contributed by atoms with Gasteiger partial charge in [0.1, 0.15) is 5.15 Å². The minimum atomic E-state index is 0.441. The van der Waals surface area contributed by atoms with E-state index in [4.69, 9.17) is 34.8 Å². The fraction of sp³-hybridized carbons (Fsp3) is 0. The highest BCUT2D eigenvalue weighted by Gasteiger charge is 2.05. The molecule has 0 spiro atoms. The summed E-state index contributed by atoms with van der Waals surface area (Å²) >= 11 is 17.7. The van der Waals surface area contributed by atoms with Crippen LogP contribution in [-0.2, 0) is 0 Å². The van der Waals surface area contributed by atoms with Crippen LogP contribution in [0.4, 0.5) is 0 Å². The minimum Gasteiger partial charge on any atom is -0.244 e. The smallest absolute Gasteiger partial charge is 0.136 e. The predicted octanol–water partition coefficient (Wildman–Crippen LogP) is 4.20. The lowest BCUT2D eigenvalue weighted by molar-refractivity contribution is 1.36. The van der Waals surface area contributed by atoms with E-state index in [1.165, 1.54) is 0 Å². The van der Waals surface area contributed by atoms with Crippen molar-refractivity contribution in [3.8, 4) is 0 Å². The molecule has 1 nitrogen and oxygen atoms in total. The van der Waals surface area contributed by atoms with Crippen molar-refractivity contribution in [2.75, 3.05) is 0 Å². The van der Waals surface area contributed by atoms with Crippen molar-refractivity contribution >= 4 is 45.6 Å². The van der Waals surface area contributed by atoms with Gasteiger partial charge in [-0.15, -0.1) is 0 Å². The van der Waals surface area contributed by atoms with Crippen molar-refractivity contribution in [2.24, 2.45) is 0 Å². The maximum absolute atomic E-state index is 5.98. The van der Waals surface area contributed by atoms with Crippen molar-refractivity contribution < 1.29 is 0 Å². The van der Waals surface area contributed by atoms with Gasteiger partial charge < -0.3 is 0 Å². The lowest BCUT2D eigenvalue weighted by Crippen LogP contribution is -1.80. The Labute approximate surface area is 90.2 Å². The van der Waals surface area contributed by atoms with E-state index < -0.39 is 0 Å². The maximum Gasteiger partial charge on any atom is 0.136 e. The van der Waals surface area contributed by atoms with Crippen LogP contribution in [0, 0.1) is 0 Å². The molecule has 0 fully saturated rings. The first kappa shape index (κ1) is 9.07. The third-order valence-electron chi connectivity index (χ3n) is 1.78. The molecule has 0 saturated heterocycles. The van der Waals surface area contributed by atoms with Crippen LogP contribution in [0.15, 0.2) is 24.4 Å². The Morgan fingerprint density at radius 1 is 0.923 bits per heavy atom. The van der Waals surface area contributed by atoms with Crippen molar-refractivity contribution in [3.05, 3.63) is 39.6 Å². The summed E-state index contributed by atoms with van der Waals surface area (Å²) in [7, 11) is 0. The molecule has 0 amide bonds. The molecule has 2 aromatic rings. The molecule has 0 aliphatic heterocycles. The van der Waals surface area contributed by atoms with Crippen LogP contribution in [0.3, 0.4) is 0 Å². The Morgan fingerprint density at radius 2 is 1.69 bits per heavy atom. The van der Waals surface area contributed by atoms with E-state index in [9.17, 15) is 0 Å². The summed E-state index contributed by atoms with van der Waals surface area (Å²) in [6.45, 7) is 0. The second-order valence-corrected chi connectivity index (χ2v) is 3.70. The first-order chi connectivity index (χ1) is 6.20. The summed E-state index contributed by atoms with van der Waals surface area (Å²) in [6, 6.07) is 5.30. The number of fused-ring (bicyclic) bond motifs is 1. The molecule has 0 aliphatic rings. The normalized spacial score (nSPS) is 10.7. The molecule has 0 atom stereocenters. The zero-order valence-electron chi connectivity index (χ0n) is 6.39. The van der Waals surface area contributed by atoms with Gasteiger partial charge in [-0.2, -0.15) is 0 Å². The predicted molar refractivity (Wildman–Crippen MR) is 56.8 cm³/mol. The Kier molecular flexibility index (Phi) is 2.33. The molecule has 1 aromatic heterocycles. The minimum absolute atomic E-state index is 0.441. The van der Waals surface area contributed by atoms with Crippen LogP contribution in [0.1, 0.15) is 0 Å². The first-order valence-electron chi connectivity index (χ1n) is 3.58. The number of nitrogens with zero attached hydrogens (tertiary/aromatic N) is 1. The molecule has 13 heavy (non-hydrogen) atoms. The topological polar surface area (TPSA) is 12.9 Å². The largest absolute Gasteiger partial charge is 0.244 e. The fourth-order valence-corrected chi connectivity index (χ4v) is 1.77. The zero-order valence-corrected chi connectivity index (χ0v) is 8.66. The van der Waals surface area contributed by atoms with Gasteiger partial charge in [-0.05, 0) is 18.2 Å². The van der Waals surface area contributed by atoms with Gasteiger partial charge >= 0.3 is 0 Å². The van der Waals surface area contributed by atoms with Crippen LogP contribution >= 0.6 is 34.8 Å². The van der Waals surface area contributed by atoms with E-state index in [0.717, 1.165) is 10.8 Å². The van der Waals surface area contributed by atoms with Crippen molar-refractivity contribution in [1.29, 1.82) is 0 Å². The average Bonchev–Trinajstić information content (AvgIpc) is 2.12. The molecule has 0 radical (unpaired) electrons. The van der Waals surface area contributed by atoms with E-state index in [2.05, 4.69) is 4.98 Å². The maximum atomic E-state index is 5.98. The fourth-order valence-electron chi connectivity index (χ4n) is 1.16. The van der Waals surface area contributed by atoms with Crippen LogP contribution in [-0.4, -0.2) is 4.98 Å². The van der Waals surface area contributed by atoms with Crippen molar-refractivity contribution in [1.82, 2.24) is 4.98 Å². The Bertz CT molecular complexity index is 468. The van der Waals surface area contributed by atoms with Crippen LogP contribution in [0.25, 0.3) is 10.8 Å². The summed E-state index contributed by atoms with van der Waals surface area (Å²) in [6.07, 6.45) is 1.60. The molecule has 0 saturated carbocycles. The van der Waals surface area contributed by atoms with Gasteiger partial charge in [0.15, 0.2) is 0 Å². The van der Waals surface area contributed by atoms with Crippen LogP contribution < -0.4 is 0 Å². The lowest BCUT2D eigenvalue weighted by atomic mass is 10.2. The van der Waals surface area contributed by atoms with Gasteiger partial charge in [0.25, 0.3) is 0 Å². The molecular weight excluding hydrogens is 228 g/mol. The molecule has 0 aliphatic carbocycles. The highest BCUT2D eigenvalue weighted by molar-refractivity contribution is 6.46. The summed E-state index contributed by atoms with van der Waals surface area (Å²) in [5, 5.41) is 3.13. The number of halogens is 3. The quantitative estimate of drug-likeness (QED) is 0.621. The van der Waals surface area contributed by atoms with Crippen molar-refractivity contribution in [2.45, 2.75) is 0 Å². The second-order valence-electron chi connectivity index (χ2n) is 2.56. The Balaban J connectivity index is 2.94. The molecule has 66 valence electrons. The second kappa shape index (κ2) is 3.33. The van der Waals surface area contributed by atoms with Gasteiger partial charge in [-0.25, -0.2) is 4.98 Å². The number of hydrogen-bond acceptors (Lipinski definition) is 1. The van der Waals surface area contributed by atoms with Gasteiger partial charge in [-0.3, -0.25) is 0 Å². The first-order valence-corrected chi connectivity index (χ1v) is 4.72. The average molecular weight is 232 g/mol. The zero-order chi connectivity index (χ0) is 9.42. The molecule has 1 heterocycles. The molecule has 2 rings (SSSR count). The molecule has 4 heteroatoms. The van der Waals surface area contributed by atoms with Crippen molar-refractivity contribution in [3.63, 3.8) is 0 Å². The summed E-state index contributed by atoms with van der Waals surface area (Å²) in [5.74, 6) is 0. The van der Waals surface area contributed by atoms with E-state index in [1.807, 2.05) is 0 Å². The Morgan fingerprint density at radius 3 is 2.46 bits per heavy atom. The summed E-state index contributed by atoms with van der Waals surface area (Å²) < 4.78 is 0. The Hall–Kier alpha value is -0.500. The number of pyridine rings is 1. The van der Waals surface area contributed by atoms with E-state index in [1.54, 1.807) is 24.4 Å². The van der Waals surface area contributed by atoms with E-state index >= 15 is 0 Å². The number of benzene rings is 1. The van der Waals surface area contributed by atoms with Gasteiger partial charge in [0.2, 0.25) is 0 Å². The molecular formula is C9H4Cl3N. The number of aromatic nitrogens is 1. The van der Waals surface area contributed by atoms with E-state index in [-0.39, 0.29) is 0 Å². The highest BCUT2D eigenvalue weighted by Crippen LogP contribution is 2.32. The summed E-state index contributed by atoms with van der Waals surface area (Å²) in [4.78, 5) is 3.94. The third-order valence-corrected chi connectivity index (χ3v) is 2.90. The number of hydrogen-bond donors (Lipinski definition) is 0. The highest BCUT2D eigenvalue weighted by atomic mass is 35.5. The SMILES string of the molecule is Clc1ccc2c(Cl)nccc2c1Cl. The lowest BCUT2D eigenvalue weighted by Gasteiger charge is -2.02. The van der Waals surface area contributed by atoms with Crippen LogP contribution in [0.2, 0.25) is 15.2 Å². The molecule has 1 aromatic carbocycles. The van der Waals surface area contributed by atoms with E-state index in [0.29, 0.717) is 15.2 Å². The molecule has 0 unspecified atom stereocenters. The van der Waals surface area contributed by atoms with Crippen LogP contribution in [0.5, 0.6) is 0 Å². The standard InChI is InChI=1S/C9H4Cl3N/c10-7-2-1-6-5(8(7)11)3-4-13-9(6)12/h1-4H. The van der Waals surface area contributed by atoms with Gasteiger partial charge in [0.05, 0.1) is 10.0 Å². The third kappa shape index (κ3) is 1.48. The molecule has 0 bridgehead atoms. The monoisotopic (exact) mass is 231 g/mol.